The van der Waals surface area contributed by atoms with E-state index >= 15 is 0 Å². The van der Waals surface area contributed by atoms with Crippen molar-refractivity contribution in [3.05, 3.63) is 48.0 Å². The molecule has 0 amide bonds. The normalized spacial score (nSPS) is 11.0. The second-order valence-corrected chi connectivity index (χ2v) is 6.55. The van der Waals surface area contributed by atoms with E-state index in [9.17, 15) is 4.79 Å². The second kappa shape index (κ2) is 8.70. The number of hydrogen-bond acceptors (Lipinski definition) is 3. The average Bonchev–Trinajstić information content (AvgIpc) is 2.67. The monoisotopic (exact) mass is 350 g/mol. The highest BCUT2D eigenvalue weighted by atomic mass is 16.5. The van der Waals surface area contributed by atoms with Crippen molar-refractivity contribution in [2.75, 3.05) is 13.2 Å². The van der Waals surface area contributed by atoms with Gasteiger partial charge in [-0.1, -0.05) is 38.8 Å². The van der Waals surface area contributed by atoms with Gasteiger partial charge in [-0.05, 0) is 53.9 Å². The van der Waals surface area contributed by atoms with Gasteiger partial charge < -0.3 is 9.47 Å². The Morgan fingerprint density at radius 2 is 1.50 bits per heavy atom. The minimum absolute atomic E-state index is 0.679. The number of aldehydes is 1. The molecule has 0 atom stereocenters. The summed E-state index contributed by atoms with van der Waals surface area (Å²) < 4.78 is 12.0. The second-order valence-electron chi connectivity index (χ2n) is 6.55. The van der Waals surface area contributed by atoms with Gasteiger partial charge in [-0.3, -0.25) is 4.79 Å². The molecule has 0 N–H and O–H groups in total. The standard InChI is InChI=1S/C23H26O3/c1-3-5-12-25-22-9-7-8-17-14-19-18(16-24)10-11-23(26-13-6-4-2)21(19)15-20(17)22/h7-11,14-16H,3-6,12-13H2,1-2H3. The van der Waals surface area contributed by atoms with E-state index in [1.54, 1.807) is 0 Å². The highest BCUT2D eigenvalue weighted by Crippen LogP contribution is 2.35. The fourth-order valence-electron chi connectivity index (χ4n) is 3.09. The summed E-state index contributed by atoms with van der Waals surface area (Å²) in [5.74, 6) is 1.71. The molecule has 0 radical (unpaired) electrons. The van der Waals surface area contributed by atoms with Gasteiger partial charge in [0, 0.05) is 16.3 Å². The highest BCUT2D eigenvalue weighted by Gasteiger charge is 2.11. The number of fused-ring (bicyclic) bond motifs is 2. The molecule has 136 valence electrons. The summed E-state index contributed by atoms with van der Waals surface area (Å²) in [6.45, 7) is 5.69. The molecule has 3 heteroatoms. The molecule has 0 saturated heterocycles. The summed E-state index contributed by atoms with van der Waals surface area (Å²) in [7, 11) is 0. The first-order chi connectivity index (χ1) is 12.8. The molecule has 0 aromatic heterocycles. The van der Waals surface area contributed by atoms with E-state index in [2.05, 4.69) is 32.0 Å². The molecule has 0 heterocycles. The predicted molar refractivity (Wildman–Crippen MR) is 108 cm³/mol. The maximum Gasteiger partial charge on any atom is 0.150 e. The maximum absolute atomic E-state index is 11.5. The number of rotatable bonds is 9. The van der Waals surface area contributed by atoms with E-state index in [0.717, 1.165) is 65.0 Å². The van der Waals surface area contributed by atoms with Crippen molar-refractivity contribution < 1.29 is 14.3 Å². The largest absolute Gasteiger partial charge is 0.493 e. The molecule has 3 aromatic rings. The molecule has 0 aliphatic carbocycles. The summed E-state index contributed by atoms with van der Waals surface area (Å²) in [6, 6.07) is 14.0. The Morgan fingerprint density at radius 3 is 2.15 bits per heavy atom. The Bertz CT molecular complexity index is 899. The quantitative estimate of drug-likeness (QED) is 0.263. The van der Waals surface area contributed by atoms with Crippen molar-refractivity contribution in [3.8, 4) is 11.5 Å². The number of unbranched alkanes of at least 4 members (excludes halogenated alkanes) is 2. The minimum atomic E-state index is 0.679. The van der Waals surface area contributed by atoms with Gasteiger partial charge in [0.05, 0.1) is 13.2 Å². The van der Waals surface area contributed by atoms with Gasteiger partial charge in [0.2, 0.25) is 0 Å². The molecular weight excluding hydrogens is 324 g/mol. The lowest BCUT2D eigenvalue weighted by Gasteiger charge is -2.14. The van der Waals surface area contributed by atoms with Crippen molar-refractivity contribution in [1.29, 1.82) is 0 Å². The highest BCUT2D eigenvalue weighted by molar-refractivity contribution is 6.08. The van der Waals surface area contributed by atoms with E-state index in [1.807, 2.05) is 24.3 Å². The van der Waals surface area contributed by atoms with E-state index in [1.165, 1.54) is 0 Å². The van der Waals surface area contributed by atoms with Crippen LogP contribution in [0.15, 0.2) is 42.5 Å². The third-order valence-corrected chi connectivity index (χ3v) is 4.61. The van der Waals surface area contributed by atoms with Crippen LogP contribution in [0.4, 0.5) is 0 Å². The van der Waals surface area contributed by atoms with Gasteiger partial charge in [0.25, 0.3) is 0 Å². The topological polar surface area (TPSA) is 35.5 Å². The lowest BCUT2D eigenvalue weighted by molar-refractivity contribution is 0.112. The minimum Gasteiger partial charge on any atom is -0.493 e. The van der Waals surface area contributed by atoms with Crippen molar-refractivity contribution in [3.63, 3.8) is 0 Å². The molecule has 3 nitrogen and oxygen atoms in total. The Balaban J connectivity index is 2.12. The van der Waals surface area contributed by atoms with Gasteiger partial charge in [-0.2, -0.15) is 0 Å². The van der Waals surface area contributed by atoms with Crippen LogP contribution in [-0.2, 0) is 0 Å². The third kappa shape index (κ3) is 3.82. The van der Waals surface area contributed by atoms with Crippen LogP contribution < -0.4 is 9.47 Å². The number of benzene rings is 3. The first-order valence-electron chi connectivity index (χ1n) is 9.48. The number of ether oxygens (including phenoxy) is 2. The van der Waals surface area contributed by atoms with E-state index < -0.39 is 0 Å². The van der Waals surface area contributed by atoms with Crippen LogP contribution in [0.3, 0.4) is 0 Å². The van der Waals surface area contributed by atoms with E-state index in [-0.39, 0.29) is 0 Å². The average molecular weight is 350 g/mol. The van der Waals surface area contributed by atoms with Gasteiger partial charge in [0.15, 0.2) is 6.29 Å². The maximum atomic E-state index is 11.5. The molecule has 0 fully saturated rings. The molecule has 0 saturated carbocycles. The first-order valence-corrected chi connectivity index (χ1v) is 9.48. The molecule has 26 heavy (non-hydrogen) atoms. The fourth-order valence-corrected chi connectivity index (χ4v) is 3.09. The fraction of sp³-hybridized carbons (Fsp3) is 0.348. The lowest BCUT2D eigenvalue weighted by atomic mass is 9.99. The zero-order valence-corrected chi connectivity index (χ0v) is 15.6. The zero-order valence-electron chi connectivity index (χ0n) is 15.6. The molecule has 3 rings (SSSR count). The SMILES string of the molecule is CCCCOc1cccc2cc3c(C=O)ccc(OCCCC)c3cc12. The van der Waals surface area contributed by atoms with Gasteiger partial charge in [-0.15, -0.1) is 0 Å². The van der Waals surface area contributed by atoms with Crippen LogP contribution in [0, 0.1) is 0 Å². The molecule has 0 aliphatic heterocycles. The number of hydrogen-bond donors (Lipinski definition) is 0. The summed E-state index contributed by atoms with van der Waals surface area (Å²) in [5, 5.41) is 4.01. The van der Waals surface area contributed by atoms with Crippen LogP contribution in [0.5, 0.6) is 11.5 Å². The van der Waals surface area contributed by atoms with Gasteiger partial charge >= 0.3 is 0 Å². The lowest BCUT2D eigenvalue weighted by Crippen LogP contribution is -1.99. The molecule has 0 aliphatic rings. The van der Waals surface area contributed by atoms with Crippen molar-refractivity contribution in [1.82, 2.24) is 0 Å². The van der Waals surface area contributed by atoms with Crippen molar-refractivity contribution >= 4 is 27.8 Å². The van der Waals surface area contributed by atoms with Crippen molar-refractivity contribution in [2.24, 2.45) is 0 Å². The Labute approximate surface area is 154 Å². The van der Waals surface area contributed by atoms with Crippen LogP contribution in [0.1, 0.15) is 49.9 Å². The van der Waals surface area contributed by atoms with Crippen LogP contribution >= 0.6 is 0 Å². The van der Waals surface area contributed by atoms with Gasteiger partial charge in [-0.25, -0.2) is 0 Å². The number of carbonyl (C=O) groups excluding carboxylic acids is 1. The summed E-state index contributed by atoms with van der Waals surface area (Å²) in [5.41, 5.74) is 0.682. The van der Waals surface area contributed by atoms with E-state index in [0.29, 0.717) is 18.8 Å². The Morgan fingerprint density at radius 1 is 0.808 bits per heavy atom. The molecule has 0 unspecified atom stereocenters. The summed E-state index contributed by atoms with van der Waals surface area (Å²) in [4.78, 5) is 11.5. The Kier molecular flexibility index (Phi) is 6.11. The summed E-state index contributed by atoms with van der Waals surface area (Å²) >= 11 is 0. The molecular formula is C23H26O3. The van der Waals surface area contributed by atoms with Gasteiger partial charge in [0.1, 0.15) is 11.5 Å². The Hall–Kier alpha value is -2.55. The van der Waals surface area contributed by atoms with Crippen LogP contribution in [0.2, 0.25) is 0 Å². The molecule has 0 bridgehead atoms. The third-order valence-electron chi connectivity index (χ3n) is 4.61. The van der Waals surface area contributed by atoms with Crippen LogP contribution in [0.25, 0.3) is 21.5 Å². The van der Waals surface area contributed by atoms with Crippen molar-refractivity contribution in [2.45, 2.75) is 39.5 Å². The summed E-state index contributed by atoms with van der Waals surface area (Å²) in [6.07, 6.45) is 5.14. The molecule has 3 aromatic carbocycles. The number of carbonyl (C=O) groups is 1. The van der Waals surface area contributed by atoms with Crippen LogP contribution in [-0.4, -0.2) is 19.5 Å². The predicted octanol–water partition coefficient (Wildman–Crippen LogP) is 6.16. The van der Waals surface area contributed by atoms with E-state index in [4.69, 9.17) is 9.47 Å². The molecule has 0 spiro atoms. The first kappa shape index (κ1) is 18.2. The zero-order chi connectivity index (χ0) is 18.4. The smallest absolute Gasteiger partial charge is 0.150 e.